The maximum absolute atomic E-state index is 14.0. The summed E-state index contributed by atoms with van der Waals surface area (Å²) in [6.07, 6.45) is 16.0. The molecule has 0 aliphatic carbocycles. The van der Waals surface area contributed by atoms with Gasteiger partial charge in [-0.3, -0.25) is 13.7 Å². The lowest BCUT2D eigenvalue weighted by molar-refractivity contribution is -0.0451. The smallest absolute Gasteiger partial charge is 0.382 e. The number of hydrogen-bond donors (Lipinski definition) is 3. The van der Waals surface area contributed by atoms with Crippen LogP contribution in [0.1, 0.15) is 138 Å². The van der Waals surface area contributed by atoms with Crippen molar-refractivity contribution in [2.75, 3.05) is 25.3 Å². The molecule has 12 nitrogen and oxygen atoms in total. The van der Waals surface area contributed by atoms with Gasteiger partial charge < -0.3 is 25.5 Å². The number of unbranched alkanes of at least 4 members (excludes halogenated alkanes) is 12. The minimum atomic E-state index is -4.61. The average Bonchev–Trinajstić information content (AvgIpc) is 3.76. The Balaban J connectivity index is 1.24. The van der Waals surface area contributed by atoms with Crippen LogP contribution >= 0.6 is 7.82 Å². The molecule has 51 heavy (non-hydrogen) atoms. The Bertz CT molecular complexity index is 1560. The Kier molecular flexibility index (Phi) is 16.4. The minimum absolute atomic E-state index is 0.00191. The second-order valence-electron chi connectivity index (χ2n) is 13.6. The molecule has 2 aliphatic heterocycles. The predicted molar refractivity (Wildman–Crippen MR) is 193 cm³/mol. The Morgan fingerprint density at radius 1 is 1.08 bits per heavy atom. The lowest BCUT2D eigenvalue weighted by Gasteiger charge is -2.25. The van der Waals surface area contributed by atoms with Crippen molar-refractivity contribution < 1.29 is 32.4 Å². The maximum Gasteiger partial charge on any atom is 0.472 e. The summed E-state index contributed by atoms with van der Waals surface area (Å²) in [5, 5.41) is 19.2. The van der Waals surface area contributed by atoms with Gasteiger partial charge in [0.2, 0.25) is 0 Å². The summed E-state index contributed by atoms with van der Waals surface area (Å²) in [4.78, 5) is 14.8. The topological polar surface area (TPSA) is 177 Å². The zero-order valence-corrected chi connectivity index (χ0v) is 30.8. The van der Waals surface area contributed by atoms with Gasteiger partial charge in [-0.15, -0.1) is 0 Å². The first-order chi connectivity index (χ1) is 24.7. The number of phosphoric acid groups is 1. The molecule has 0 radical (unpaired) electrons. The molecule has 4 rings (SSSR count). The van der Waals surface area contributed by atoms with Crippen LogP contribution < -0.4 is 11.2 Å². The number of aliphatic imine (C=N–C) groups is 1. The number of halogens is 1. The number of aromatic nitrogens is 1. The molecule has 2 aliphatic rings. The van der Waals surface area contributed by atoms with Crippen LogP contribution in [0.3, 0.4) is 0 Å². The van der Waals surface area contributed by atoms with Gasteiger partial charge in [0.1, 0.15) is 42.8 Å². The van der Waals surface area contributed by atoms with Gasteiger partial charge in [0.25, 0.3) is 0 Å². The molecule has 0 amide bonds. The van der Waals surface area contributed by atoms with Crippen molar-refractivity contribution >= 4 is 13.7 Å². The number of amidine groups is 1. The molecule has 4 N–H and O–H groups in total. The molecule has 1 aromatic carbocycles. The number of hydrogen-bond acceptors (Lipinski definition) is 10. The molecule has 1 saturated heterocycles. The molecule has 0 bridgehead atoms. The number of benzene rings is 1. The summed E-state index contributed by atoms with van der Waals surface area (Å²) >= 11 is 0. The normalized spacial score (nSPS) is 20.1. The van der Waals surface area contributed by atoms with Crippen LogP contribution in [0, 0.1) is 28.5 Å². The standard InChI is InChI=1S/C37H54FN6O6P/c1-2-3-4-5-6-7-8-9-10-11-12-13-14-15-32(47-24-30-20-29(23-39)21-31(38)22-30)25-48-51(45,46)49-27-37(26-40)19-18-35(50-37)33-16-17-34-36(41)42-28-43-44(33)34/h16-17,20-22,32,35,43H,2-15,18-19,24-25,27-28H2,1H3,(H2,41,42)(H,45,46). The fraction of sp³-hybridized carbons (Fsp3) is 0.649. The Morgan fingerprint density at radius 3 is 2.43 bits per heavy atom. The number of ether oxygens (including phenoxy) is 2. The van der Waals surface area contributed by atoms with Gasteiger partial charge in [-0.2, -0.15) is 10.5 Å². The van der Waals surface area contributed by atoms with E-state index in [0.717, 1.165) is 37.4 Å². The molecule has 1 aromatic heterocycles. The molecule has 4 atom stereocenters. The number of nitrogens with two attached hydrogens (primary N) is 1. The van der Waals surface area contributed by atoms with Crippen molar-refractivity contribution in [2.24, 2.45) is 10.7 Å². The molecular weight excluding hydrogens is 674 g/mol. The third-order valence-corrected chi connectivity index (χ3v) is 10.4. The number of nitrogens with zero attached hydrogens (tertiary/aromatic N) is 4. The highest BCUT2D eigenvalue weighted by molar-refractivity contribution is 7.47. The number of fused-ring (bicyclic) bond motifs is 1. The van der Waals surface area contributed by atoms with E-state index in [1.807, 2.05) is 18.2 Å². The van der Waals surface area contributed by atoms with Gasteiger partial charge in [0, 0.05) is 0 Å². The monoisotopic (exact) mass is 728 g/mol. The second-order valence-corrected chi connectivity index (χ2v) is 15.0. The molecule has 0 spiro atoms. The number of nitrogens with one attached hydrogen (secondary N) is 1. The third kappa shape index (κ3) is 13.0. The number of phosphoric ester groups is 1. The fourth-order valence-corrected chi connectivity index (χ4v) is 7.35. The first-order valence-corrected chi connectivity index (χ1v) is 19.9. The van der Waals surface area contributed by atoms with E-state index in [9.17, 15) is 24.4 Å². The largest absolute Gasteiger partial charge is 0.472 e. The molecule has 0 saturated carbocycles. The van der Waals surface area contributed by atoms with E-state index in [0.29, 0.717) is 36.6 Å². The summed E-state index contributed by atoms with van der Waals surface area (Å²) in [5.74, 6) is -0.149. The summed E-state index contributed by atoms with van der Waals surface area (Å²) in [6.45, 7) is 1.82. The molecule has 1 fully saturated rings. The lowest BCUT2D eigenvalue weighted by atomic mass is 10.0. The van der Waals surface area contributed by atoms with Crippen molar-refractivity contribution in [1.82, 2.24) is 4.68 Å². The van der Waals surface area contributed by atoms with Crippen LogP contribution in [0.4, 0.5) is 4.39 Å². The van der Waals surface area contributed by atoms with Crippen molar-refractivity contribution in [3.8, 4) is 12.1 Å². The average molecular weight is 729 g/mol. The highest BCUT2D eigenvalue weighted by Gasteiger charge is 2.45. The maximum atomic E-state index is 14.0. The van der Waals surface area contributed by atoms with E-state index in [4.69, 9.17) is 24.3 Å². The van der Waals surface area contributed by atoms with Crippen LogP contribution in [0.25, 0.3) is 0 Å². The molecule has 280 valence electrons. The van der Waals surface area contributed by atoms with Gasteiger partial charge in [-0.05, 0) is 55.2 Å². The minimum Gasteiger partial charge on any atom is -0.382 e. The molecule has 4 unspecified atom stereocenters. The zero-order chi connectivity index (χ0) is 36.5. The van der Waals surface area contributed by atoms with Crippen LogP contribution in [0.2, 0.25) is 0 Å². The second kappa shape index (κ2) is 20.7. The zero-order valence-electron chi connectivity index (χ0n) is 29.9. The van der Waals surface area contributed by atoms with Crippen LogP contribution in [-0.2, 0) is 29.7 Å². The van der Waals surface area contributed by atoms with Crippen molar-refractivity contribution in [3.05, 3.63) is 58.7 Å². The van der Waals surface area contributed by atoms with Gasteiger partial charge in [0.05, 0.1) is 36.6 Å². The SMILES string of the molecule is CCCCCCCCCCCCCCCC(COP(=O)(O)OCC1(C#N)CCC(c2ccc3n2NCN=C3N)O1)OCc1cc(F)cc(C#N)c1. The van der Waals surface area contributed by atoms with Crippen LogP contribution in [0.15, 0.2) is 35.3 Å². The summed E-state index contributed by atoms with van der Waals surface area (Å²) in [6, 6.07) is 11.7. The number of rotatable bonds is 24. The summed E-state index contributed by atoms with van der Waals surface area (Å²) < 4.78 is 51.7. The lowest BCUT2D eigenvalue weighted by Crippen LogP contribution is -2.34. The molecule has 3 heterocycles. The van der Waals surface area contributed by atoms with Crippen LogP contribution in [-0.4, -0.2) is 47.0 Å². The van der Waals surface area contributed by atoms with E-state index in [-0.39, 0.29) is 25.2 Å². The highest BCUT2D eigenvalue weighted by Crippen LogP contribution is 2.47. The fourth-order valence-electron chi connectivity index (χ4n) is 6.55. The molecule has 2 aromatic rings. The predicted octanol–water partition coefficient (Wildman–Crippen LogP) is 8.03. The summed E-state index contributed by atoms with van der Waals surface area (Å²) in [7, 11) is -4.61. The van der Waals surface area contributed by atoms with Crippen LogP contribution in [0.5, 0.6) is 0 Å². The first kappa shape index (κ1) is 40.5. The quantitative estimate of drug-likeness (QED) is 0.0708. The van der Waals surface area contributed by atoms with Gasteiger partial charge in [0.15, 0.2) is 5.60 Å². The van der Waals surface area contributed by atoms with E-state index in [1.54, 1.807) is 10.7 Å². The summed E-state index contributed by atoms with van der Waals surface area (Å²) in [5.41, 5.74) is 9.77. The van der Waals surface area contributed by atoms with E-state index in [2.05, 4.69) is 23.4 Å². The Labute approximate surface area is 301 Å². The van der Waals surface area contributed by atoms with E-state index >= 15 is 0 Å². The highest BCUT2D eigenvalue weighted by atomic mass is 31.2. The van der Waals surface area contributed by atoms with Gasteiger partial charge >= 0.3 is 7.82 Å². The van der Waals surface area contributed by atoms with Gasteiger partial charge in [-0.1, -0.05) is 90.4 Å². The Hall–Kier alpha value is -3.29. The van der Waals surface area contributed by atoms with E-state index < -0.39 is 38.1 Å². The van der Waals surface area contributed by atoms with E-state index in [1.165, 1.54) is 63.9 Å². The molecular formula is C37H54FN6O6P. The number of nitriles is 2. The van der Waals surface area contributed by atoms with Gasteiger partial charge in [-0.25, -0.2) is 13.9 Å². The molecule has 14 heteroatoms. The third-order valence-electron chi connectivity index (χ3n) is 9.45. The Morgan fingerprint density at radius 2 is 1.76 bits per heavy atom. The van der Waals surface area contributed by atoms with Crippen molar-refractivity contribution in [3.63, 3.8) is 0 Å². The van der Waals surface area contributed by atoms with Crippen molar-refractivity contribution in [1.29, 1.82) is 10.5 Å². The van der Waals surface area contributed by atoms with Crippen molar-refractivity contribution in [2.45, 2.75) is 134 Å². The first-order valence-electron chi connectivity index (χ1n) is 18.5.